The molecular formula is C20H25N3O4. The molecule has 0 bridgehead atoms. The first-order valence-electron chi connectivity index (χ1n) is 9.34. The number of methoxy groups -OCH3 is 2. The van der Waals surface area contributed by atoms with Gasteiger partial charge in [-0.05, 0) is 37.3 Å². The fourth-order valence-electron chi connectivity index (χ4n) is 3.33. The van der Waals surface area contributed by atoms with Crippen molar-refractivity contribution in [2.45, 2.75) is 25.4 Å². The Bertz CT molecular complexity index is 782. The molecule has 2 heterocycles. The second-order valence-corrected chi connectivity index (χ2v) is 7.05. The molecule has 1 unspecified atom stereocenters. The number of ether oxygens (including phenoxy) is 4. The molecule has 1 aliphatic heterocycles. The maximum Gasteiger partial charge on any atom is 0.241 e. The number of aromatic nitrogens is 2. The van der Waals surface area contributed by atoms with Gasteiger partial charge in [-0.25, -0.2) is 0 Å². The fourth-order valence-corrected chi connectivity index (χ4v) is 3.33. The smallest absolute Gasteiger partial charge is 0.241 e. The van der Waals surface area contributed by atoms with Crippen LogP contribution in [0, 0.1) is 5.92 Å². The molecule has 0 radical (unpaired) electrons. The van der Waals surface area contributed by atoms with Gasteiger partial charge in [0, 0.05) is 25.7 Å². The first-order valence-corrected chi connectivity index (χ1v) is 9.34. The maximum absolute atomic E-state index is 6.03. The molecule has 27 heavy (non-hydrogen) atoms. The fraction of sp³-hybridized carbons (Fsp3) is 0.500. The number of nitrogens with zero attached hydrogens (tertiary/aromatic N) is 3. The average molecular weight is 371 g/mol. The highest BCUT2D eigenvalue weighted by Gasteiger charge is 2.30. The summed E-state index contributed by atoms with van der Waals surface area (Å²) in [5.41, 5.74) is 0. The van der Waals surface area contributed by atoms with E-state index in [0.29, 0.717) is 29.0 Å². The molecule has 7 heteroatoms. The minimum Gasteiger partial charge on any atom is -0.493 e. The van der Waals surface area contributed by atoms with E-state index in [4.69, 9.17) is 18.9 Å². The van der Waals surface area contributed by atoms with Gasteiger partial charge < -0.3 is 18.9 Å². The van der Waals surface area contributed by atoms with Crippen LogP contribution >= 0.6 is 0 Å². The third kappa shape index (κ3) is 4.60. The molecule has 1 aromatic carbocycles. The van der Waals surface area contributed by atoms with Crippen LogP contribution in [0.1, 0.15) is 19.3 Å². The van der Waals surface area contributed by atoms with Crippen LogP contribution in [0.25, 0.3) is 0 Å². The Kier molecular flexibility index (Phi) is 5.29. The second-order valence-electron chi connectivity index (χ2n) is 7.05. The lowest BCUT2D eigenvalue weighted by molar-refractivity contribution is 0.189. The molecule has 7 nitrogen and oxygen atoms in total. The van der Waals surface area contributed by atoms with Gasteiger partial charge in [0.05, 0.1) is 26.6 Å². The molecule has 0 amide bonds. The quantitative estimate of drug-likeness (QED) is 0.706. The van der Waals surface area contributed by atoms with Crippen molar-refractivity contribution in [1.29, 1.82) is 0 Å². The zero-order chi connectivity index (χ0) is 18.6. The van der Waals surface area contributed by atoms with Gasteiger partial charge in [-0.15, -0.1) is 0 Å². The van der Waals surface area contributed by atoms with Crippen LogP contribution in [0.4, 0.5) is 0 Å². The van der Waals surface area contributed by atoms with Gasteiger partial charge in [0.25, 0.3) is 0 Å². The van der Waals surface area contributed by atoms with Crippen molar-refractivity contribution in [2.75, 3.05) is 33.9 Å². The number of likely N-dealkylation sites (tertiary alicyclic amines) is 1. The van der Waals surface area contributed by atoms with Crippen LogP contribution in [-0.2, 0) is 0 Å². The Morgan fingerprint density at radius 3 is 2.63 bits per heavy atom. The van der Waals surface area contributed by atoms with Gasteiger partial charge in [0.15, 0.2) is 11.5 Å². The molecule has 2 aliphatic rings. The van der Waals surface area contributed by atoms with Crippen LogP contribution in [0.15, 0.2) is 30.6 Å². The van der Waals surface area contributed by atoms with E-state index >= 15 is 0 Å². The summed E-state index contributed by atoms with van der Waals surface area (Å²) in [5.74, 6) is 3.61. The minimum atomic E-state index is 0.161. The van der Waals surface area contributed by atoms with E-state index in [2.05, 4.69) is 14.9 Å². The Balaban J connectivity index is 1.37. The molecule has 1 saturated carbocycles. The van der Waals surface area contributed by atoms with Crippen LogP contribution in [0.5, 0.6) is 29.0 Å². The zero-order valence-electron chi connectivity index (χ0n) is 15.8. The van der Waals surface area contributed by atoms with Crippen molar-refractivity contribution >= 4 is 0 Å². The van der Waals surface area contributed by atoms with Crippen molar-refractivity contribution in [1.82, 2.24) is 14.9 Å². The third-order valence-corrected chi connectivity index (χ3v) is 4.90. The Labute approximate surface area is 159 Å². The molecule has 1 atom stereocenters. The number of hydrogen-bond acceptors (Lipinski definition) is 7. The van der Waals surface area contributed by atoms with Crippen LogP contribution < -0.4 is 18.9 Å². The van der Waals surface area contributed by atoms with E-state index < -0.39 is 0 Å². The predicted octanol–water partition coefficient (Wildman–Crippen LogP) is 3.15. The monoisotopic (exact) mass is 371 g/mol. The average Bonchev–Trinajstić information content (AvgIpc) is 3.39. The minimum absolute atomic E-state index is 0.161. The summed E-state index contributed by atoms with van der Waals surface area (Å²) in [4.78, 5) is 11.1. The van der Waals surface area contributed by atoms with Crippen molar-refractivity contribution in [3.8, 4) is 29.0 Å². The van der Waals surface area contributed by atoms with E-state index in [9.17, 15) is 0 Å². The van der Waals surface area contributed by atoms with E-state index in [-0.39, 0.29) is 6.10 Å². The second kappa shape index (κ2) is 8.00. The summed E-state index contributed by atoms with van der Waals surface area (Å²) in [7, 11) is 3.18. The summed E-state index contributed by atoms with van der Waals surface area (Å²) in [5, 5.41) is 0. The van der Waals surface area contributed by atoms with Gasteiger partial charge >= 0.3 is 0 Å². The molecule has 2 aromatic rings. The molecule has 1 saturated heterocycles. The highest BCUT2D eigenvalue weighted by atomic mass is 16.5. The Morgan fingerprint density at radius 1 is 1.04 bits per heavy atom. The van der Waals surface area contributed by atoms with Crippen LogP contribution in [0.3, 0.4) is 0 Å². The summed E-state index contributed by atoms with van der Waals surface area (Å²) < 4.78 is 22.4. The van der Waals surface area contributed by atoms with Gasteiger partial charge in [0.2, 0.25) is 11.8 Å². The number of hydrogen-bond donors (Lipinski definition) is 0. The standard InChI is InChI=1S/C20H25N3O4/c1-24-17-6-5-15(9-18(17)25-2)26-19-10-21-11-20(22-19)27-16-7-8-23(13-16)12-14-3-4-14/h5-6,9-11,14,16H,3-4,7-8,12-13H2,1-2H3. The lowest BCUT2D eigenvalue weighted by Gasteiger charge is -2.16. The van der Waals surface area contributed by atoms with Gasteiger partial charge in [-0.2, -0.15) is 4.98 Å². The first kappa shape index (κ1) is 17.9. The highest BCUT2D eigenvalue weighted by molar-refractivity contribution is 5.46. The summed E-state index contributed by atoms with van der Waals surface area (Å²) in [6, 6.07) is 5.33. The number of benzene rings is 1. The summed E-state index contributed by atoms with van der Waals surface area (Å²) in [6.07, 6.45) is 7.14. The molecular weight excluding hydrogens is 346 g/mol. The molecule has 144 valence electrons. The van der Waals surface area contributed by atoms with Crippen molar-refractivity contribution in [2.24, 2.45) is 5.92 Å². The largest absolute Gasteiger partial charge is 0.493 e. The molecule has 0 N–H and O–H groups in total. The van der Waals surface area contributed by atoms with Crippen LogP contribution in [-0.4, -0.2) is 54.8 Å². The van der Waals surface area contributed by atoms with Gasteiger partial charge in [-0.1, -0.05) is 0 Å². The van der Waals surface area contributed by atoms with Crippen molar-refractivity contribution < 1.29 is 18.9 Å². The molecule has 2 fully saturated rings. The SMILES string of the molecule is COc1ccc(Oc2cncc(OC3CCN(CC4CC4)C3)n2)cc1OC. The third-order valence-electron chi connectivity index (χ3n) is 4.90. The lowest BCUT2D eigenvalue weighted by atomic mass is 10.3. The number of rotatable bonds is 8. The Morgan fingerprint density at radius 2 is 1.85 bits per heavy atom. The topological polar surface area (TPSA) is 65.9 Å². The van der Waals surface area contributed by atoms with Crippen LogP contribution in [0.2, 0.25) is 0 Å². The highest BCUT2D eigenvalue weighted by Crippen LogP contribution is 2.33. The lowest BCUT2D eigenvalue weighted by Crippen LogP contribution is -2.26. The van der Waals surface area contributed by atoms with E-state index in [1.54, 1.807) is 44.8 Å². The first-order chi connectivity index (χ1) is 13.2. The molecule has 1 aliphatic carbocycles. The van der Waals surface area contributed by atoms with E-state index in [1.165, 1.54) is 19.4 Å². The maximum atomic E-state index is 6.03. The molecule has 4 rings (SSSR count). The van der Waals surface area contributed by atoms with Gasteiger partial charge in [0.1, 0.15) is 11.9 Å². The van der Waals surface area contributed by atoms with E-state index in [1.807, 2.05) is 0 Å². The summed E-state index contributed by atoms with van der Waals surface area (Å²) >= 11 is 0. The van der Waals surface area contributed by atoms with E-state index in [0.717, 1.165) is 25.4 Å². The van der Waals surface area contributed by atoms with Crippen molar-refractivity contribution in [3.05, 3.63) is 30.6 Å². The van der Waals surface area contributed by atoms with Gasteiger partial charge in [-0.3, -0.25) is 9.88 Å². The predicted molar refractivity (Wildman–Crippen MR) is 99.8 cm³/mol. The molecule has 1 aromatic heterocycles. The zero-order valence-corrected chi connectivity index (χ0v) is 15.8. The van der Waals surface area contributed by atoms with Crippen molar-refractivity contribution in [3.63, 3.8) is 0 Å². The normalized spacial score (nSPS) is 19.7. The molecule has 0 spiro atoms. The Hall–Kier alpha value is -2.54. The summed E-state index contributed by atoms with van der Waals surface area (Å²) in [6.45, 7) is 3.25.